The number of hydrogen-bond donors (Lipinski definition) is 1. The Kier molecular flexibility index (Phi) is 4.53. The molecule has 0 radical (unpaired) electrons. The van der Waals surface area contributed by atoms with Crippen LogP contribution in [0.15, 0.2) is 18.2 Å². The van der Waals surface area contributed by atoms with Crippen molar-refractivity contribution in [1.29, 1.82) is 0 Å². The zero-order valence-electron chi connectivity index (χ0n) is 8.71. The molecule has 0 unspecified atom stereocenters. The van der Waals surface area contributed by atoms with Gasteiger partial charge in [-0.2, -0.15) is 0 Å². The van der Waals surface area contributed by atoms with Crippen molar-refractivity contribution in [2.75, 3.05) is 6.54 Å². The second kappa shape index (κ2) is 5.70. The lowest BCUT2D eigenvalue weighted by Crippen LogP contribution is -2.24. The average Bonchev–Trinajstić information content (AvgIpc) is 2.15. The second-order valence-corrected chi connectivity index (χ2v) is 3.79. The summed E-state index contributed by atoms with van der Waals surface area (Å²) < 4.78 is 0. The van der Waals surface area contributed by atoms with Crippen LogP contribution in [0, 0.1) is 6.92 Å². The number of nitrogens with zero attached hydrogens (tertiary/aromatic N) is 1. The summed E-state index contributed by atoms with van der Waals surface area (Å²) in [4.78, 5) is 5.27. The number of aryl methyl sites for hydroxylation is 1. The smallest absolute Gasteiger partial charge is 0.0813 e. The van der Waals surface area contributed by atoms with Crippen LogP contribution >= 0.6 is 12.2 Å². The molecular formula is C11H16N2S. The summed E-state index contributed by atoms with van der Waals surface area (Å²) in [6.45, 7) is 5.07. The highest BCUT2D eigenvalue weighted by Crippen LogP contribution is 1.99. The van der Waals surface area contributed by atoms with Gasteiger partial charge in [0.1, 0.15) is 0 Å². The van der Waals surface area contributed by atoms with Crippen molar-refractivity contribution in [3.05, 3.63) is 29.6 Å². The monoisotopic (exact) mass is 208 g/mol. The van der Waals surface area contributed by atoms with Gasteiger partial charge in [0.15, 0.2) is 0 Å². The molecule has 0 saturated carbocycles. The maximum atomic E-state index is 5.19. The van der Waals surface area contributed by atoms with Crippen molar-refractivity contribution in [2.45, 2.75) is 26.7 Å². The zero-order chi connectivity index (χ0) is 10.4. The van der Waals surface area contributed by atoms with Crippen molar-refractivity contribution in [3.63, 3.8) is 0 Å². The molecule has 1 aromatic heterocycles. The Balaban J connectivity index is 2.47. The van der Waals surface area contributed by atoms with Gasteiger partial charge in [-0.3, -0.25) is 4.98 Å². The van der Waals surface area contributed by atoms with E-state index in [0.717, 1.165) is 35.8 Å². The zero-order valence-corrected chi connectivity index (χ0v) is 9.53. The third kappa shape index (κ3) is 3.83. The van der Waals surface area contributed by atoms with Crippen molar-refractivity contribution >= 4 is 17.2 Å². The highest BCUT2D eigenvalue weighted by Gasteiger charge is 1.99. The van der Waals surface area contributed by atoms with Crippen LogP contribution in [-0.4, -0.2) is 16.5 Å². The number of rotatable bonds is 4. The summed E-state index contributed by atoms with van der Waals surface area (Å²) in [5.41, 5.74) is 2.08. The predicted octanol–water partition coefficient (Wildman–Crippen LogP) is 2.26. The third-order valence-corrected chi connectivity index (χ3v) is 2.15. The van der Waals surface area contributed by atoms with E-state index in [-0.39, 0.29) is 0 Å². The van der Waals surface area contributed by atoms with Gasteiger partial charge in [0.2, 0.25) is 0 Å². The minimum absolute atomic E-state index is 0.747. The summed E-state index contributed by atoms with van der Waals surface area (Å²) in [6.07, 6.45) is 1.85. The molecule has 0 bridgehead atoms. The van der Waals surface area contributed by atoms with Gasteiger partial charge in [0.05, 0.1) is 4.99 Å². The minimum atomic E-state index is 0.747. The van der Waals surface area contributed by atoms with Crippen LogP contribution in [0.2, 0.25) is 0 Å². The van der Waals surface area contributed by atoms with Gasteiger partial charge >= 0.3 is 0 Å². The normalized spacial score (nSPS) is 9.86. The highest BCUT2D eigenvalue weighted by atomic mass is 32.1. The molecule has 2 nitrogen and oxygen atoms in total. The first-order chi connectivity index (χ1) is 6.72. The van der Waals surface area contributed by atoms with Crippen LogP contribution < -0.4 is 5.32 Å². The Labute approximate surface area is 90.7 Å². The van der Waals surface area contributed by atoms with Crippen LogP contribution in [0.1, 0.15) is 24.7 Å². The molecular weight excluding hydrogens is 192 g/mol. The fourth-order valence-corrected chi connectivity index (χ4v) is 1.44. The maximum Gasteiger partial charge on any atom is 0.0813 e. The molecule has 14 heavy (non-hydrogen) atoms. The molecule has 0 aliphatic heterocycles. The third-order valence-electron chi connectivity index (χ3n) is 1.86. The van der Waals surface area contributed by atoms with Crippen LogP contribution in [0.4, 0.5) is 0 Å². The Morgan fingerprint density at radius 2 is 2.29 bits per heavy atom. The summed E-state index contributed by atoms with van der Waals surface area (Å²) in [5.74, 6) is 0. The summed E-state index contributed by atoms with van der Waals surface area (Å²) in [7, 11) is 0. The average molecular weight is 208 g/mol. The molecule has 1 N–H and O–H groups in total. The van der Waals surface area contributed by atoms with E-state index in [0.29, 0.717) is 0 Å². The molecule has 0 aliphatic rings. The molecule has 0 aliphatic carbocycles. The number of nitrogens with one attached hydrogen (secondary N) is 1. The van der Waals surface area contributed by atoms with Crippen molar-refractivity contribution in [1.82, 2.24) is 10.3 Å². The number of hydrogen-bond acceptors (Lipinski definition) is 2. The van der Waals surface area contributed by atoms with E-state index in [1.54, 1.807) is 0 Å². The molecule has 0 atom stereocenters. The van der Waals surface area contributed by atoms with Gasteiger partial charge in [-0.25, -0.2) is 0 Å². The fourth-order valence-electron chi connectivity index (χ4n) is 1.19. The maximum absolute atomic E-state index is 5.19. The molecule has 0 fully saturated rings. The molecule has 1 aromatic rings. The number of thiocarbonyl (C=S) groups is 1. The number of aromatic nitrogens is 1. The van der Waals surface area contributed by atoms with Gasteiger partial charge < -0.3 is 5.32 Å². The quantitative estimate of drug-likeness (QED) is 0.768. The van der Waals surface area contributed by atoms with E-state index in [1.165, 1.54) is 0 Å². The SMILES string of the molecule is CCCNC(=S)Cc1cccc(C)n1. The molecule has 1 heterocycles. The summed E-state index contributed by atoms with van der Waals surface area (Å²) in [6, 6.07) is 6.01. The number of pyridine rings is 1. The van der Waals surface area contributed by atoms with Gasteiger partial charge in [-0.15, -0.1) is 0 Å². The second-order valence-electron chi connectivity index (χ2n) is 3.30. The summed E-state index contributed by atoms with van der Waals surface area (Å²) >= 11 is 5.19. The Morgan fingerprint density at radius 3 is 2.93 bits per heavy atom. The van der Waals surface area contributed by atoms with Crippen LogP contribution in [-0.2, 0) is 6.42 Å². The molecule has 0 aromatic carbocycles. The van der Waals surface area contributed by atoms with E-state index in [9.17, 15) is 0 Å². The van der Waals surface area contributed by atoms with Gasteiger partial charge in [-0.05, 0) is 25.5 Å². The minimum Gasteiger partial charge on any atom is -0.379 e. The van der Waals surface area contributed by atoms with Crippen molar-refractivity contribution in [3.8, 4) is 0 Å². The fraction of sp³-hybridized carbons (Fsp3) is 0.455. The van der Waals surface area contributed by atoms with Crippen LogP contribution in [0.5, 0.6) is 0 Å². The van der Waals surface area contributed by atoms with E-state index in [4.69, 9.17) is 12.2 Å². The first-order valence-corrected chi connectivity index (χ1v) is 5.32. The lowest BCUT2D eigenvalue weighted by atomic mass is 10.2. The molecule has 76 valence electrons. The first kappa shape index (κ1) is 11.1. The predicted molar refractivity (Wildman–Crippen MR) is 63.6 cm³/mol. The largest absolute Gasteiger partial charge is 0.379 e. The molecule has 3 heteroatoms. The molecule has 1 rings (SSSR count). The van der Waals surface area contributed by atoms with E-state index in [2.05, 4.69) is 17.2 Å². The van der Waals surface area contributed by atoms with Gasteiger partial charge in [0, 0.05) is 24.4 Å². The van der Waals surface area contributed by atoms with E-state index in [1.807, 2.05) is 25.1 Å². The summed E-state index contributed by atoms with van der Waals surface area (Å²) in [5, 5.41) is 3.19. The van der Waals surface area contributed by atoms with Gasteiger partial charge in [-0.1, -0.05) is 25.2 Å². The van der Waals surface area contributed by atoms with Crippen molar-refractivity contribution < 1.29 is 0 Å². The lowest BCUT2D eigenvalue weighted by Gasteiger charge is -2.06. The van der Waals surface area contributed by atoms with Crippen LogP contribution in [0.25, 0.3) is 0 Å². The molecule has 0 spiro atoms. The Bertz CT molecular complexity index is 310. The van der Waals surface area contributed by atoms with Gasteiger partial charge in [0.25, 0.3) is 0 Å². The van der Waals surface area contributed by atoms with E-state index >= 15 is 0 Å². The standard InChI is InChI=1S/C11H16N2S/c1-3-7-12-11(14)8-10-6-4-5-9(2)13-10/h4-6H,3,7-8H2,1-2H3,(H,12,14). The molecule has 0 amide bonds. The first-order valence-electron chi connectivity index (χ1n) is 4.91. The molecule has 0 saturated heterocycles. The topological polar surface area (TPSA) is 24.9 Å². The Morgan fingerprint density at radius 1 is 1.50 bits per heavy atom. The highest BCUT2D eigenvalue weighted by molar-refractivity contribution is 7.80. The van der Waals surface area contributed by atoms with Crippen molar-refractivity contribution in [2.24, 2.45) is 0 Å². The van der Waals surface area contributed by atoms with E-state index < -0.39 is 0 Å². The Hall–Kier alpha value is -0.960. The lowest BCUT2D eigenvalue weighted by molar-refractivity contribution is 0.836. The van der Waals surface area contributed by atoms with Crippen LogP contribution in [0.3, 0.4) is 0 Å².